The quantitative estimate of drug-likeness (QED) is 0.806. The maximum atomic E-state index is 11.7. The number of hydrogen-bond donors (Lipinski definition) is 2. The van der Waals surface area contributed by atoms with Crippen molar-refractivity contribution in [2.75, 3.05) is 13.2 Å². The van der Waals surface area contributed by atoms with E-state index in [1.807, 2.05) is 0 Å². The number of carbonyl (C=O) groups excluding carboxylic acids is 2. The lowest BCUT2D eigenvalue weighted by Crippen LogP contribution is -2.19. The van der Waals surface area contributed by atoms with Gasteiger partial charge in [-0.3, -0.25) is 4.79 Å². The van der Waals surface area contributed by atoms with Gasteiger partial charge in [0.1, 0.15) is 0 Å². The van der Waals surface area contributed by atoms with Gasteiger partial charge in [0.15, 0.2) is 0 Å². The van der Waals surface area contributed by atoms with E-state index in [9.17, 15) is 9.59 Å². The fourth-order valence-corrected chi connectivity index (χ4v) is 2.06. The highest BCUT2D eigenvalue weighted by Crippen LogP contribution is 2.29. The predicted octanol–water partition coefficient (Wildman–Crippen LogP) is 1.71. The molecule has 0 radical (unpaired) electrons. The lowest BCUT2D eigenvalue weighted by molar-refractivity contribution is 0.0526. The van der Waals surface area contributed by atoms with Gasteiger partial charge in [-0.15, -0.1) is 0 Å². The first-order valence-electron chi connectivity index (χ1n) is 5.84. The fraction of sp³-hybridized carbons (Fsp3) is 0.385. The molecule has 0 fully saturated rings. The molecule has 3 N–H and O–H groups in total. The molecule has 0 aromatic heterocycles. The molecular weight excluding hydrogens is 270 g/mol. The van der Waals surface area contributed by atoms with Crippen LogP contribution in [-0.2, 0) is 4.74 Å². The average Bonchev–Trinajstić information content (AvgIpc) is 2.36. The van der Waals surface area contributed by atoms with Crippen LogP contribution in [0.4, 0.5) is 0 Å². The van der Waals surface area contributed by atoms with Gasteiger partial charge in [-0.25, -0.2) is 4.79 Å². The molecule has 0 aliphatic carbocycles. The Kier molecular flexibility index (Phi) is 5.32. The van der Waals surface area contributed by atoms with E-state index in [2.05, 4.69) is 0 Å². The maximum Gasteiger partial charge on any atom is 0.339 e. The van der Waals surface area contributed by atoms with Crippen molar-refractivity contribution in [2.24, 2.45) is 5.73 Å². The Hall–Kier alpha value is -1.59. The minimum atomic E-state index is -0.744. The summed E-state index contributed by atoms with van der Waals surface area (Å²) in [6, 6.07) is 3.02. The van der Waals surface area contributed by atoms with E-state index in [-0.39, 0.29) is 35.3 Å². The van der Waals surface area contributed by atoms with Crippen molar-refractivity contribution >= 4 is 23.5 Å². The molecule has 0 aliphatic rings. The zero-order valence-electron chi connectivity index (χ0n) is 10.8. The first-order valence-corrected chi connectivity index (χ1v) is 6.21. The first kappa shape index (κ1) is 15.5. The third-order valence-electron chi connectivity index (χ3n) is 2.72. The number of amides is 1. The molecule has 1 aromatic rings. The number of primary amides is 1. The van der Waals surface area contributed by atoms with E-state index in [0.717, 1.165) is 0 Å². The molecule has 1 unspecified atom stereocenters. The number of nitrogens with two attached hydrogens (primary N) is 1. The number of ether oxygens (including phenoxy) is 1. The van der Waals surface area contributed by atoms with Crippen molar-refractivity contribution in [1.29, 1.82) is 0 Å². The van der Waals surface area contributed by atoms with Crippen molar-refractivity contribution in [3.05, 3.63) is 33.8 Å². The van der Waals surface area contributed by atoms with Crippen LogP contribution in [0, 0.1) is 0 Å². The van der Waals surface area contributed by atoms with Crippen LogP contribution in [0.2, 0.25) is 5.02 Å². The molecule has 0 saturated carbocycles. The normalized spacial score (nSPS) is 12.0. The number of carbonyl (C=O) groups is 2. The smallest absolute Gasteiger partial charge is 0.339 e. The fourth-order valence-electron chi connectivity index (χ4n) is 1.72. The second kappa shape index (κ2) is 6.54. The second-order valence-corrected chi connectivity index (χ2v) is 4.44. The number of benzene rings is 1. The minimum absolute atomic E-state index is 0.0382. The highest BCUT2D eigenvalue weighted by atomic mass is 35.5. The van der Waals surface area contributed by atoms with Crippen LogP contribution in [0.15, 0.2) is 12.1 Å². The van der Waals surface area contributed by atoms with E-state index < -0.39 is 11.9 Å². The molecule has 19 heavy (non-hydrogen) atoms. The molecule has 6 heteroatoms. The van der Waals surface area contributed by atoms with Gasteiger partial charge in [-0.1, -0.05) is 24.6 Å². The van der Waals surface area contributed by atoms with E-state index in [1.54, 1.807) is 19.9 Å². The van der Waals surface area contributed by atoms with Gasteiger partial charge in [0.25, 0.3) is 5.91 Å². The van der Waals surface area contributed by atoms with Crippen molar-refractivity contribution in [2.45, 2.75) is 19.8 Å². The number of rotatable bonds is 5. The monoisotopic (exact) mass is 285 g/mol. The van der Waals surface area contributed by atoms with Gasteiger partial charge in [-0.2, -0.15) is 0 Å². The molecule has 0 spiro atoms. The van der Waals surface area contributed by atoms with Crippen LogP contribution in [0.1, 0.15) is 46.0 Å². The first-order chi connectivity index (χ1) is 8.93. The molecule has 5 nitrogen and oxygen atoms in total. The summed E-state index contributed by atoms with van der Waals surface area (Å²) in [5, 5.41) is 9.12. The molecule has 0 aliphatic heterocycles. The van der Waals surface area contributed by atoms with Crippen molar-refractivity contribution in [1.82, 2.24) is 0 Å². The lowest BCUT2D eigenvalue weighted by Gasteiger charge is -2.15. The zero-order valence-corrected chi connectivity index (χ0v) is 11.5. The number of hydrogen-bond acceptors (Lipinski definition) is 4. The molecule has 104 valence electrons. The molecule has 0 saturated heterocycles. The molecule has 1 amide bonds. The molecule has 1 rings (SSSR count). The van der Waals surface area contributed by atoms with E-state index in [4.69, 9.17) is 27.2 Å². The van der Waals surface area contributed by atoms with Crippen LogP contribution in [0.25, 0.3) is 0 Å². The van der Waals surface area contributed by atoms with Crippen molar-refractivity contribution in [3.8, 4) is 0 Å². The minimum Gasteiger partial charge on any atom is -0.462 e. The zero-order chi connectivity index (χ0) is 14.6. The van der Waals surface area contributed by atoms with Gasteiger partial charge in [0, 0.05) is 12.5 Å². The van der Waals surface area contributed by atoms with Crippen LogP contribution >= 0.6 is 11.6 Å². The summed E-state index contributed by atoms with van der Waals surface area (Å²) in [6.07, 6.45) is 0. The number of esters is 1. The van der Waals surface area contributed by atoms with Gasteiger partial charge in [-0.05, 0) is 18.6 Å². The summed E-state index contributed by atoms with van der Waals surface area (Å²) in [7, 11) is 0. The van der Waals surface area contributed by atoms with Crippen LogP contribution in [-0.4, -0.2) is 30.2 Å². The summed E-state index contributed by atoms with van der Waals surface area (Å²) in [5.74, 6) is -1.67. The Balaban J connectivity index is 3.39. The summed E-state index contributed by atoms with van der Waals surface area (Å²) in [5.41, 5.74) is 5.94. The third kappa shape index (κ3) is 3.24. The van der Waals surface area contributed by atoms with Gasteiger partial charge < -0.3 is 15.6 Å². The van der Waals surface area contributed by atoms with Crippen molar-refractivity contribution < 1.29 is 19.4 Å². The maximum absolute atomic E-state index is 11.7. The molecule has 0 heterocycles. The Labute approximate surface area is 116 Å². The largest absolute Gasteiger partial charge is 0.462 e. The molecular formula is C13H16ClNO4. The SMILES string of the molecule is CCOC(=O)c1ccc(C(C)CO)c(C(N)=O)c1Cl. The van der Waals surface area contributed by atoms with Crippen molar-refractivity contribution in [3.63, 3.8) is 0 Å². The summed E-state index contributed by atoms with van der Waals surface area (Å²) < 4.78 is 4.85. The predicted molar refractivity (Wildman–Crippen MR) is 71.4 cm³/mol. The van der Waals surface area contributed by atoms with Crippen LogP contribution < -0.4 is 5.73 Å². The molecule has 1 aromatic carbocycles. The summed E-state index contributed by atoms with van der Waals surface area (Å²) in [6.45, 7) is 3.44. The van der Waals surface area contributed by atoms with Gasteiger partial charge in [0.2, 0.25) is 0 Å². The Morgan fingerprint density at radius 1 is 1.47 bits per heavy atom. The van der Waals surface area contributed by atoms with E-state index >= 15 is 0 Å². The summed E-state index contributed by atoms with van der Waals surface area (Å²) >= 11 is 6.06. The third-order valence-corrected chi connectivity index (χ3v) is 3.11. The molecule has 1 atom stereocenters. The summed E-state index contributed by atoms with van der Waals surface area (Å²) in [4.78, 5) is 23.2. The Bertz CT molecular complexity index is 502. The standard InChI is InChI=1S/C13H16ClNO4/c1-3-19-13(18)9-5-4-8(7(2)6-16)10(11(9)14)12(15)17/h4-5,7,16H,3,6H2,1-2H3,(H2,15,17). The lowest BCUT2D eigenvalue weighted by atomic mass is 9.94. The highest BCUT2D eigenvalue weighted by molar-refractivity contribution is 6.36. The molecule has 0 bridgehead atoms. The Morgan fingerprint density at radius 3 is 2.58 bits per heavy atom. The number of aliphatic hydroxyl groups excluding tert-OH is 1. The van der Waals surface area contributed by atoms with E-state index in [0.29, 0.717) is 5.56 Å². The van der Waals surface area contributed by atoms with Crippen LogP contribution in [0.5, 0.6) is 0 Å². The average molecular weight is 286 g/mol. The van der Waals surface area contributed by atoms with Crippen LogP contribution in [0.3, 0.4) is 0 Å². The van der Waals surface area contributed by atoms with E-state index in [1.165, 1.54) is 6.07 Å². The number of halogens is 1. The Morgan fingerprint density at radius 2 is 2.11 bits per heavy atom. The highest BCUT2D eigenvalue weighted by Gasteiger charge is 2.23. The second-order valence-electron chi connectivity index (χ2n) is 4.06. The number of aliphatic hydroxyl groups is 1. The topological polar surface area (TPSA) is 89.6 Å². The van der Waals surface area contributed by atoms with Gasteiger partial charge in [0.05, 0.1) is 22.8 Å². The van der Waals surface area contributed by atoms with Gasteiger partial charge >= 0.3 is 5.97 Å².